The van der Waals surface area contributed by atoms with Crippen LogP contribution in [0.25, 0.3) is 0 Å². The van der Waals surface area contributed by atoms with E-state index in [4.69, 9.17) is 10.5 Å². The lowest BCUT2D eigenvalue weighted by molar-refractivity contribution is -0.385. The van der Waals surface area contributed by atoms with E-state index in [-0.39, 0.29) is 29.5 Å². The third-order valence-electron chi connectivity index (χ3n) is 4.30. The van der Waals surface area contributed by atoms with Crippen molar-refractivity contribution in [3.8, 4) is 0 Å². The molecule has 2 aromatic rings. The van der Waals surface area contributed by atoms with Gasteiger partial charge in [-0.15, -0.1) is 0 Å². The Morgan fingerprint density at radius 3 is 2.47 bits per heavy atom. The predicted molar refractivity (Wildman–Crippen MR) is 107 cm³/mol. The molecular formula is C19H22N4O7. The highest BCUT2D eigenvalue weighted by Crippen LogP contribution is 2.18. The zero-order valence-corrected chi connectivity index (χ0v) is 16.8. The number of nitrogen functional groups attached to an aromatic ring is 1. The molecule has 0 aliphatic carbocycles. The van der Waals surface area contributed by atoms with Crippen molar-refractivity contribution in [3.05, 3.63) is 66.3 Å². The molecule has 1 heterocycles. The van der Waals surface area contributed by atoms with Crippen LogP contribution in [-0.2, 0) is 29.5 Å². The molecule has 1 aromatic carbocycles. The molecule has 2 rings (SSSR count). The maximum Gasteiger partial charge on any atom is 0.332 e. The van der Waals surface area contributed by atoms with Gasteiger partial charge in [-0.1, -0.05) is 32.0 Å². The summed E-state index contributed by atoms with van der Waals surface area (Å²) in [7, 11) is 1.22. The van der Waals surface area contributed by atoms with Crippen molar-refractivity contribution in [2.24, 2.45) is 13.0 Å². The van der Waals surface area contributed by atoms with Crippen LogP contribution in [-0.4, -0.2) is 32.4 Å². The fourth-order valence-electron chi connectivity index (χ4n) is 2.85. The van der Waals surface area contributed by atoms with Crippen LogP contribution in [0, 0.1) is 16.0 Å². The number of carbonyl (C=O) groups excluding carboxylic acids is 2. The second kappa shape index (κ2) is 9.16. The van der Waals surface area contributed by atoms with Gasteiger partial charge >= 0.3 is 11.7 Å². The lowest BCUT2D eigenvalue weighted by Gasteiger charge is -2.16. The van der Waals surface area contributed by atoms with Crippen LogP contribution in [0.4, 0.5) is 11.5 Å². The quantitative estimate of drug-likeness (QED) is 0.283. The number of nitro groups is 1. The number of ketones is 1. The second-order valence-corrected chi connectivity index (χ2v) is 7.06. The van der Waals surface area contributed by atoms with Crippen LogP contribution in [0.5, 0.6) is 0 Å². The highest BCUT2D eigenvalue weighted by molar-refractivity contribution is 6.01. The molecular weight excluding hydrogens is 396 g/mol. The first kappa shape index (κ1) is 22.5. The monoisotopic (exact) mass is 418 g/mol. The zero-order valence-electron chi connectivity index (χ0n) is 16.8. The van der Waals surface area contributed by atoms with Gasteiger partial charge in [0.25, 0.3) is 11.2 Å². The van der Waals surface area contributed by atoms with Crippen LogP contribution in [0.2, 0.25) is 0 Å². The van der Waals surface area contributed by atoms with Crippen molar-refractivity contribution in [2.45, 2.75) is 26.8 Å². The summed E-state index contributed by atoms with van der Waals surface area (Å²) in [6.45, 7) is 3.07. The maximum absolute atomic E-state index is 12.5. The van der Waals surface area contributed by atoms with E-state index < -0.39 is 46.5 Å². The summed E-state index contributed by atoms with van der Waals surface area (Å²) in [6.07, 6.45) is -0.426. The summed E-state index contributed by atoms with van der Waals surface area (Å²) < 4.78 is 6.78. The number of benzene rings is 1. The Morgan fingerprint density at radius 2 is 1.87 bits per heavy atom. The van der Waals surface area contributed by atoms with E-state index in [1.165, 1.54) is 31.3 Å². The van der Waals surface area contributed by atoms with E-state index in [1.807, 2.05) is 13.8 Å². The Hall–Kier alpha value is -3.76. The average molecular weight is 418 g/mol. The van der Waals surface area contributed by atoms with Crippen molar-refractivity contribution >= 4 is 23.3 Å². The van der Waals surface area contributed by atoms with Gasteiger partial charge in [0, 0.05) is 25.2 Å². The van der Waals surface area contributed by atoms with Crippen LogP contribution < -0.4 is 17.0 Å². The van der Waals surface area contributed by atoms with Crippen LogP contribution >= 0.6 is 0 Å². The molecule has 2 N–H and O–H groups in total. The van der Waals surface area contributed by atoms with E-state index in [0.29, 0.717) is 0 Å². The smallest absolute Gasteiger partial charge is 0.332 e. The number of Topliss-reactive ketones (excluding diaryl/α,β-unsaturated/α-hetero) is 1. The third kappa shape index (κ3) is 4.80. The Balaban J connectivity index is 2.22. The number of aromatic nitrogens is 2. The van der Waals surface area contributed by atoms with Gasteiger partial charge in [-0.2, -0.15) is 0 Å². The Kier molecular flexibility index (Phi) is 6.88. The minimum Gasteiger partial charge on any atom is -0.457 e. The minimum absolute atomic E-state index is 0.0185. The molecule has 0 aliphatic heterocycles. The topological polar surface area (TPSA) is 157 Å². The SMILES string of the molecule is CC(C)Cn1c(N)c(C(=O)COC(=O)Cc2ccccc2[N+](=O)[O-])c(=O)n(C)c1=O. The van der Waals surface area contributed by atoms with Gasteiger partial charge in [-0.05, 0) is 5.92 Å². The van der Waals surface area contributed by atoms with Gasteiger partial charge in [-0.3, -0.25) is 33.6 Å². The molecule has 0 unspecified atom stereocenters. The average Bonchev–Trinajstić information content (AvgIpc) is 2.68. The molecule has 0 aliphatic rings. The van der Waals surface area contributed by atoms with Crippen molar-refractivity contribution in [2.75, 3.05) is 12.3 Å². The molecule has 0 amide bonds. The number of ether oxygens (including phenoxy) is 1. The number of rotatable bonds is 8. The van der Waals surface area contributed by atoms with E-state index in [1.54, 1.807) is 0 Å². The van der Waals surface area contributed by atoms with Gasteiger partial charge in [0.1, 0.15) is 11.4 Å². The molecule has 0 spiro atoms. The van der Waals surface area contributed by atoms with E-state index in [2.05, 4.69) is 0 Å². The molecule has 0 bridgehead atoms. The van der Waals surface area contributed by atoms with Gasteiger partial charge in [-0.25, -0.2) is 4.79 Å². The number of anilines is 1. The van der Waals surface area contributed by atoms with Crippen LogP contribution in [0.1, 0.15) is 29.8 Å². The van der Waals surface area contributed by atoms with E-state index >= 15 is 0 Å². The van der Waals surface area contributed by atoms with Crippen molar-refractivity contribution in [1.82, 2.24) is 9.13 Å². The molecule has 11 heteroatoms. The Labute approximate surface area is 170 Å². The van der Waals surface area contributed by atoms with E-state index in [9.17, 15) is 29.3 Å². The highest BCUT2D eigenvalue weighted by atomic mass is 16.6. The summed E-state index contributed by atoms with van der Waals surface area (Å²) in [4.78, 5) is 59.6. The number of hydrogen-bond acceptors (Lipinski definition) is 8. The van der Waals surface area contributed by atoms with Crippen LogP contribution in [0.15, 0.2) is 33.9 Å². The lowest BCUT2D eigenvalue weighted by atomic mass is 10.1. The Bertz CT molecular complexity index is 1110. The standard InChI is InChI=1S/C19H22N4O7/c1-11(2)9-22-17(20)16(18(26)21(3)19(22)27)14(24)10-30-15(25)8-12-6-4-5-7-13(12)23(28)29/h4-7,11H,8-10,20H2,1-3H3. The molecule has 0 saturated carbocycles. The second-order valence-electron chi connectivity index (χ2n) is 7.06. The normalized spacial score (nSPS) is 10.8. The Morgan fingerprint density at radius 1 is 1.23 bits per heavy atom. The molecule has 11 nitrogen and oxygen atoms in total. The van der Waals surface area contributed by atoms with Gasteiger partial charge in [0.15, 0.2) is 6.61 Å². The number of nitrogens with two attached hydrogens (primary N) is 1. The predicted octanol–water partition coefficient (Wildman–Crippen LogP) is 0.662. The summed E-state index contributed by atoms with van der Waals surface area (Å²) in [5.41, 5.74) is 3.78. The third-order valence-corrected chi connectivity index (χ3v) is 4.30. The van der Waals surface area contributed by atoms with Gasteiger partial charge in [0.05, 0.1) is 11.3 Å². The summed E-state index contributed by atoms with van der Waals surface area (Å²) >= 11 is 0. The zero-order chi connectivity index (χ0) is 22.6. The number of hydrogen-bond donors (Lipinski definition) is 1. The van der Waals surface area contributed by atoms with E-state index in [0.717, 1.165) is 9.13 Å². The number of esters is 1. The number of para-hydroxylation sites is 1. The van der Waals surface area contributed by atoms with Crippen molar-refractivity contribution in [3.63, 3.8) is 0 Å². The van der Waals surface area contributed by atoms with Crippen molar-refractivity contribution < 1.29 is 19.2 Å². The van der Waals surface area contributed by atoms with Crippen LogP contribution in [0.3, 0.4) is 0 Å². The fourth-order valence-corrected chi connectivity index (χ4v) is 2.85. The maximum atomic E-state index is 12.5. The fraction of sp³-hybridized carbons (Fsp3) is 0.368. The highest BCUT2D eigenvalue weighted by Gasteiger charge is 2.23. The van der Waals surface area contributed by atoms with Crippen molar-refractivity contribution in [1.29, 1.82) is 0 Å². The summed E-state index contributed by atoms with van der Waals surface area (Å²) in [6, 6.07) is 5.64. The number of nitrogens with zero attached hydrogens (tertiary/aromatic N) is 3. The molecule has 0 fully saturated rings. The first-order valence-electron chi connectivity index (χ1n) is 9.05. The van der Waals surface area contributed by atoms with Gasteiger partial charge in [0.2, 0.25) is 5.78 Å². The molecule has 30 heavy (non-hydrogen) atoms. The number of carbonyl (C=O) groups is 2. The summed E-state index contributed by atoms with van der Waals surface area (Å²) in [5.74, 6) is -2.04. The molecule has 0 radical (unpaired) electrons. The first-order chi connectivity index (χ1) is 14.0. The minimum atomic E-state index is -0.891. The molecule has 0 saturated heterocycles. The van der Waals surface area contributed by atoms with Gasteiger partial charge < -0.3 is 10.5 Å². The summed E-state index contributed by atoms with van der Waals surface area (Å²) in [5, 5.41) is 11.0. The molecule has 1 aromatic heterocycles. The molecule has 160 valence electrons. The first-order valence-corrected chi connectivity index (χ1v) is 9.05. The molecule has 0 atom stereocenters. The number of nitro benzene ring substituents is 1. The lowest BCUT2D eigenvalue weighted by Crippen LogP contribution is -2.43. The largest absolute Gasteiger partial charge is 0.457 e.